The fourth-order valence-electron chi connectivity index (χ4n) is 4.20. The molecule has 0 aromatic heterocycles. The Morgan fingerprint density at radius 3 is 2.77 bits per heavy atom. The van der Waals surface area contributed by atoms with Crippen molar-refractivity contribution in [3.05, 3.63) is 34.9 Å². The van der Waals surface area contributed by atoms with Crippen LogP contribution in [0.1, 0.15) is 53.6 Å². The Morgan fingerprint density at radius 1 is 1.19 bits per heavy atom. The third-order valence-electron chi connectivity index (χ3n) is 5.73. The third kappa shape index (κ3) is 3.12. The van der Waals surface area contributed by atoms with Gasteiger partial charge in [-0.15, -0.1) is 0 Å². The van der Waals surface area contributed by atoms with E-state index in [0.717, 1.165) is 30.4 Å². The molecular formula is C19H24N4O3. The van der Waals surface area contributed by atoms with Gasteiger partial charge in [0.2, 0.25) is 11.8 Å². The van der Waals surface area contributed by atoms with Gasteiger partial charge in [-0.05, 0) is 36.5 Å². The number of hydrogen-bond acceptors (Lipinski definition) is 5. The first kappa shape index (κ1) is 17.2. The van der Waals surface area contributed by atoms with Crippen molar-refractivity contribution in [1.82, 2.24) is 15.5 Å². The summed E-state index contributed by atoms with van der Waals surface area (Å²) in [6, 6.07) is 5.87. The minimum Gasteiger partial charge on any atom is -0.326 e. The lowest BCUT2D eigenvalue weighted by Crippen LogP contribution is -2.52. The van der Waals surface area contributed by atoms with Crippen LogP contribution in [0, 0.1) is 0 Å². The SMILES string of the molecule is N[C@@H]1CCC[C@H]1NCc1ccc2c(c1)C(=O)N(C1CCC(=O)NC1=O)C2. The fourth-order valence-corrected chi connectivity index (χ4v) is 4.20. The lowest BCUT2D eigenvalue weighted by molar-refractivity contribution is -0.136. The van der Waals surface area contributed by atoms with Crippen molar-refractivity contribution in [3.63, 3.8) is 0 Å². The molecule has 1 unspecified atom stereocenters. The second-order valence-electron chi connectivity index (χ2n) is 7.47. The predicted octanol–water partition coefficient (Wildman–Crippen LogP) is 0.417. The van der Waals surface area contributed by atoms with Crippen LogP contribution in [-0.4, -0.2) is 40.7 Å². The van der Waals surface area contributed by atoms with Gasteiger partial charge in [0.15, 0.2) is 0 Å². The predicted molar refractivity (Wildman–Crippen MR) is 94.9 cm³/mol. The minimum absolute atomic E-state index is 0.131. The molecule has 2 heterocycles. The largest absolute Gasteiger partial charge is 0.326 e. The molecule has 0 bridgehead atoms. The van der Waals surface area contributed by atoms with Gasteiger partial charge in [0.05, 0.1) is 0 Å². The van der Waals surface area contributed by atoms with Crippen LogP contribution in [-0.2, 0) is 22.7 Å². The normalized spacial score (nSPS) is 28.4. The Labute approximate surface area is 152 Å². The van der Waals surface area contributed by atoms with Crippen molar-refractivity contribution >= 4 is 17.7 Å². The van der Waals surface area contributed by atoms with Crippen LogP contribution in [0.5, 0.6) is 0 Å². The highest BCUT2D eigenvalue weighted by molar-refractivity contribution is 6.05. The maximum absolute atomic E-state index is 12.8. The van der Waals surface area contributed by atoms with E-state index in [0.29, 0.717) is 31.1 Å². The molecule has 3 aliphatic rings. The van der Waals surface area contributed by atoms with Gasteiger partial charge in [0.1, 0.15) is 6.04 Å². The molecule has 1 aromatic carbocycles. The molecule has 26 heavy (non-hydrogen) atoms. The molecule has 2 aliphatic heterocycles. The first-order valence-electron chi connectivity index (χ1n) is 9.28. The molecule has 0 spiro atoms. The number of fused-ring (bicyclic) bond motifs is 1. The van der Waals surface area contributed by atoms with E-state index in [-0.39, 0.29) is 30.2 Å². The highest BCUT2D eigenvalue weighted by atomic mass is 16.2. The van der Waals surface area contributed by atoms with Crippen LogP contribution in [0.15, 0.2) is 18.2 Å². The van der Waals surface area contributed by atoms with Crippen molar-refractivity contribution in [1.29, 1.82) is 0 Å². The van der Waals surface area contributed by atoms with Gasteiger partial charge in [-0.25, -0.2) is 0 Å². The highest BCUT2D eigenvalue weighted by Gasteiger charge is 2.39. The van der Waals surface area contributed by atoms with Gasteiger partial charge in [-0.2, -0.15) is 0 Å². The van der Waals surface area contributed by atoms with Gasteiger partial charge in [0.25, 0.3) is 5.91 Å². The van der Waals surface area contributed by atoms with Gasteiger partial charge in [-0.3, -0.25) is 19.7 Å². The average molecular weight is 356 g/mol. The lowest BCUT2D eigenvalue weighted by Gasteiger charge is -2.29. The van der Waals surface area contributed by atoms with Crippen LogP contribution < -0.4 is 16.4 Å². The number of imide groups is 1. The molecular weight excluding hydrogens is 332 g/mol. The van der Waals surface area contributed by atoms with Gasteiger partial charge in [-0.1, -0.05) is 18.6 Å². The molecule has 7 heteroatoms. The van der Waals surface area contributed by atoms with Gasteiger partial charge < -0.3 is 16.0 Å². The van der Waals surface area contributed by atoms with Crippen LogP contribution in [0.4, 0.5) is 0 Å². The maximum Gasteiger partial charge on any atom is 0.255 e. The van der Waals surface area contributed by atoms with E-state index < -0.39 is 6.04 Å². The number of hydrogen-bond donors (Lipinski definition) is 3. The average Bonchev–Trinajstić information content (AvgIpc) is 3.17. The monoisotopic (exact) mass is 356 g/mol. The summed E-state index contributed by atoms with van der Waals surface area (Å²) in [5, 5.41) is 5.82. The summed E-state index contributed by atoms with van der Waals surface area (Å²) in [6.07, 6.45) is 3.96. The van der Waals surface area contributed by atoms with Crippen LogP contribution >= 0.6 is 0 Å². The van der Waals surface area contributed by atoms with Crippen molar-refractivity contribution < 1.29 is 14.4 Å². The Balaban J connectivity index is 1.45. The van der Waals surface area contributed by atoms with Crippen molar-refractivity contribution in [2.45, 2.75) is 63.3 Å². The summed E-state index contributed by atoms with van der Waals surface area (Å²) < 4.78 is 0. The summed E-state index contributed by atoms with van der Waals surface area (Å²) in [7, 11) is 0. The molecule has 4 N–H and O–H groups in total. The standard InChI is InChI=1S/C19H24N4O3/c20-14-2-1-3-15(14)21-9-11-4-5-12-10-23(19(26)13(12)8-11)16-6-7-17(24)22-18(16)25/h4-5,8,14-16,21H,1-3,6-7,9-10,20H2,(H,22,24,25)/t14-,15-,16?/m1/s1. The van der Waals surface area contributed by atoms with Crippen LogP contribution in [0.3, 0.4) is 0 Å². The molecule has 1 saturated heterocycles. The zero-order chi connectivity index (χ0) is 18.3. The number of nitrogens with two attached hydrogens (primary N) is 1. The molecule has 2 fully saturated rings. The number of amides is 3. The van der Waals surface area contributed by atoms with E-state index in [1.165, 1.54) is 0 Å². The van der Waals surface area contributed by atoms with Crippen LogP contribution in [0.25, 0.3) is 0 Å². The first-order chi connectivity index (χ1) is 12.5. The maximum atomic E-state index is 12.8. The van der Waals surface area contributed by atoms with Gasteiger partial charge >= 0.3 is 0 Å². The Hall–Kier alpha value is -2.25. The molecule has 7 nitrogen and oxygen atoms in total. The smallest absolute Gasteiger partial charge is 0.255 e. The second kappa shape index (κ2) is 6.81. The highest BCUT2D eigenvalue weighted by Crippen LogP contribution is 2.28. The van der Waals surface area contributed by atoms with Crippen molar-refractivity contribution in [2.24, 2.45) is 5.73 Å². The van der Waals surface area contributed by atoms with E-state index in [1.54, 1.807) is 4.90 Å². The molecule has 4 rings (SSSR count). The topological polar surface area (TPSA) is 105 Å². The van der Waals surface area contributed by atoms with Crippen molar-refractivity contribution in [2.75, 3.05) is 0 Å². The lowest BCUT2D eigenvalue weighted by atomic mass is 10.0. The summed E-state index contributed by atoms with van der Waals surface area (Å²) in [6.45, 7) is 1.10. The molecule has 3 atom stereocenters. The number of rotatable bonds is 4. The summed E-state index contributed by atoms with van der Waals surface area (Å²) in [5.41, 5.74) is 8.73. The summed E-state index contributed by atoms with van der Waals surface area (Å²) >= 11 is 0. The molecule has 1 aromatic rings. The van der Waals surface area contributed by atoms with Gasteiger partial charge in [0, 0.05) is 37.2 Å². The number of piperidine rings is 1. The zero-order valence-corrected chi connectivity index (χ0v) is 14.7. The summed E-state index contributed by atoms with van der Waals surface area (Å²) in [5.74, 6) is -0.776. The Morgan fingerprint density at radius 2 is 2.04 bits per heavy atom. The molecule has 0 radical (unpaired) electrons. The quantitative estimate of drug-likeness (QED) is 0.678. The number of nitrogens with zero attached hydrogens (tertiary/aromatic N) is 1. The van der Waals surface area contributed by atoms with E-state index in [9.17, 15) is 14.4 Å². The number of nitrogens with one attached hydrogen (secondary N) is 2. The van der Waals surface area contributed by atoms with E-state index in [2.05, 4.69) is 10.6 Å². The Kier molecular flexibility index (Phi) is 4.50. The second-order valence-corrected chi connectivity index (χ2v) is 7.47. The molecule has 138 valence electrons. The van der Waals surface area contributed by atoms with E-state index in [1.807, 2.05) is 18.2 Å². The number of carbonyl (C=O) groups excluding carboxylic acids is 3. The summed E-state index contributed by atoms with van der Waals surface area (Å²) in [4.78, 5) is 37.8. The zero-order valence-electron chi connectivity index (χ0n) is 14.7. The van der Waals surface area contributed by atoms with Crippen molar-refractivity contribution in [3.8, 4) is 0 Å². The minimum atomic E-state index is -0.564. The number of carbonyl (C=O) groups is 3. The van der Waals surface area contributed by atoms with E-state index >= 15 is 0 Å². The fraction of sp³-hybridized carbons (Fsp3) is 0.526. The third-order valence-corrected chi connectivity index (χ3v) is 5.73. The van der Waals surface area contributed by atoms with E-state index in [4.69, 9.17) is 5.73 Å². The first-order valence-corrected chi connectivity index (χ1v) is 9.28. The molecule has 3 amide bonds. The Bertz CT molecular complexity index is 763. The molecule has 1 saturated carbocycles. The molecule has 1 aliphatic carbocycles. The number of benzene rings is 1. The van der Waals surface area contributed by atoms with Crippen LogP contribution in [0.2, 0.25) is 0 Å².